The van der Waals surface area contributed by atoms with Gasteiger partial charge in [-0.3, -0.25) is 9.48 Å². The van der Waals surface area contributed by atoms with Gasteiger partial charge in [0.2, 0.25) is 0 Å². The highest BCUT2D eigenvalue weighted by Gasteiger charge is 2.37. The zero-order chi connectivity index (χ0) is 26.0. The molecule has 3 aromatic rings. The fraction of sp³-hybridized carbons (Fsp3) is 0.462. The van der Waals surface area contributed by atoms with E-state index in [4.69, 9.17) is 20.8 Å². The first-order chi connectivity index (χ1) is 17.0. The monoisotopic (exact) mass is 523 g/mol. The van der Waals surface area contributed by atoms with Gasteiger partial charge in [0, 0.05) is 29.7 Å². The number of benzene rings is 1. The van der Waals surface area contributed by atoms with E-state index in [2.05, 4.69) is 24.3 Å². The molecule has 6 nitrogen and oxygen atoms in total. The molecule has 1 N–H and O–H groups in total. The van der Waals surface area contributed by atoms with Crippen molar-refractivity contribution in [3.63, 3.8) is 0 Å². The maximum Gasteiger partial charge on any atom is 0.435 e. The van der Waals surface area contributed by atoms with Gasteiger partial charge in [-0.15, -0.1) is 0 Å². The van der Waals surface area contributed by atoms with Crippen LogP contribution in [0.4, 0.5) is 13.2 Å². The van der Waals surface area contributed by atoms with Crippen molar-refractivity contribution < 1.29 is 27.1 Å². The van der Waals surface area contributed by atoms with Crippen molar-refractivity contribution in [2.45, 2.75) is 71.2 Å². The normalized spacial score (nSPS) is 13.9. The fourth-order valence-electron chi connectivity index (χ4n) is 3.95. The number of amides is 1. The molecule has 0 bridgehead atoms. The molecule has 36 heavy (non-hydrogen) atoms. The molecule has 0 atom stereocenters. The lowest BCUT2D eigenvalue weighted by molar-refractivity contribution is -0.141. The molecule has 2 aromatic heterocycles. The third-order valence-electron chi connectivity index (χ3n) is 6.10. The molecule has 0 unspecified atom stereocenters. The van der Waals surface area contributed by atoms with E-state index in [0.29, 0.717) is 28.6 Å². The Labute approximate surface area is 212 Å². The smallest absolute Gasteiger partial charge is 0.435 e. The van der Waals surface area contributed by atoms with Crippen molar-refractivity contribution in [3.8, 4) is 5.75 Å². The number of hydrogen-bond acceptors (Lipinski definition) is 4. The Kier molecular flexibility index (Phi) is 7.68. The second-order valence-corrected chi connectivity index (χ2v) is 9.81. The maximum absolute atomic E-state index is 13.0. The van der Waals surface area contributed by atoms with Crippen molar-refractivity contribution in [2.75, 3.05) is 6.54 Å². The Morgan fingerprint density at radius 2 is 2.03 bits per heavy atom. The zero-order valence-electron chi connectivity index (χ0n) is 20.4. The van der Waals surface area contributed by atoms with Crippen LogP contribution >= 0.6 is 11.6 Å². The van der Waals surface area contributed by atoms with Crippen molar-refractivity contribution in [2.24, 2.45) is 0 Å². The van der Waals surface area contributed by atoms with Gasteiger partial charge < -0.3 is 14.5 Å². The van der Waals surface area contributed by atoms with Crippen LogP contribution in [0.5, 0.6) is 5.75 Å². The van der Waals surface area contributed by atoms with Gasteiger partial charge in [-0.05, 0) is 73.6 Å². The van der Waals surface area contributed by atoms with E-state index in [0.717, 1.165) is 30.0 Å². The van der Waals surface area contributed by atoms with Gasteiger partial charge in [-0.2, -0.15) is 18.3 Å². The van der Waals surface area contributed by atoms with E-state index in [9.17, 15) is 18.0 Å². The Hall–Kier alpha value is -2.94. The van der Waals surface area contributed by atoms with Crippen LogP contribution in [-0.2, 0) is 19.3 Å². The second-order valence-electron chi connectivity index (χ2n) is 9.41. The molecule has 2 heterocycles. The van der Waals surface area contributed by atoms with E-state index < -0.39 is 17.8 Å². The highest BCUT2D eigenvalue weighted by Crippen LogP contribution is 2.42. The maximum atomic E-state index is 13.0. The summed E-state index contributed by atoms with van der Waals surface area (Å²) in [5.74, 6) is 1.31. The largest absolute Gasteiger partial charge is 0.485 e. The summed E-state index contributed by atoms with van der Waals surface area (Å²) in [7, 11) is 0. The number of alkyl halides is 3. The SMILES string of the molecule is Cc1cc(OCc2ccc(C(=O)NCCCn3nc(C(F)(F)F)cc3C3CC3)o2)c(C(C)C)cc1Cl. The summed E-state index contributed by atoms with van der Waals surface area (Å²) in [6.45, 7) is 6.73. The molecule has 1 aliphatic rings. The number of ether oxygens (including phenoxy) is 1. The molecule has 0 radical (unpaired) electrons. The first-order valence-corrected chi connectivity index (χ1v) is 12.4. The molecule has 10 heteroatoms. The minimum atomic E-state index is -4.47. The summed E-state index contributed by atoms with van der Waals surface area (Å²) in [6, 6.07) is 8.17. The standard InChI is InChI=1S/C26H29ClF3N3O3/c1-15(2)19-12-20(27)16(3)11-23(19)35-14-18-7-8-22(36-18)25(34)31-9-4-10-33-21(17-5-6-17)13-24(32-33)26(28,29)30/h7-8,11-13,15,17H,4-6,9-10,14H2,1-3H3,(H,31,34). The quantitative estimate of drug-likeness (QED) is 0.295. The minimum Gasteiger partial charge on any atom is -0.485 e. The molecule has 1 aliphatic carbocycles. The van der Waals surface area contributed by atoms with Gasteiger partial charge >= 0.3 is 6.18 Å². The molecule has 1 amide bonds. The third-order valence-corrected chi connectivity index (χ3v) is 6.51. The first-order valence-electron chi connectivity index (χ1n) is 12.0. The van der Waals surface area contributed by atoms with Crippen LogP contribution < -0.4 is 10.1 Å². The average Bonchev–Trinajstić information content (AvgIpc) is 3.37. The van der Waals surface area contributed by atoms with Gasteiger partial charge in [0.15, 0.2) is 11.5 Å². The third kappa shape index (κ3) is 6.24. The summed E-state index contributed by atoms with van der Waals surface area (Å²) in [6.07, 6.45) is -2.27. The Morgan fingerprint density at radius 3 is 2.69 bits per heavy atom. The van der Waals surface area contributed by atoms with Gasteiger partial charge in [0.25, 0.3) is 5.91 Å². The predicted molar refractivity (Wildman–Crippen MR) is 129 cm³/mol. The van der Waals surface area contributed by atoms with Gasteiger partial charge in [0.05, 0.1) is 0 Å². The molecule has 0 spiro atoms. The summed E-state index contributed by atoms with van der Waals surface area (Å²) in [4.78, 5) is 12.5. The average molecular weight is 524 g/mol. The number of hydrogen-bond donors (Lipinski definition) is 1. The van der Waals surface area contributed by atoms with E-state index >= 15 is 0 Å². The lowest BCUT2D eigenvalue weighted by Gasteiger charge is -2.15. The van der Waals surface area contributed by atoms with Crippen LogP contribution in [0.3, 0.4) is 0 Å². The molecule has 4 rings (SSSR count). The Bertz CT molecular complexity index is 1230. The minimum absolute atomic E-state index is 0.139. The van der Waals surface area contributed by atoms with Crippen molar-refractivity contribution in [3.05, 3.63) is 69.4 Å². The van der Waals surface area contributed by atoms with E-state index in [1.165, 1.54) is 4.68 Å². The molecular formula is C26H29ClF3N3O3. The predicted octanol–water partition coefficient (Wildman–Crippen LogP) is 6.86. The number of aryl methyl sites for hydroxylation is 2. The summed E-state index contributed by atoms with van der Waals surface area (Å²) >= 11 is 6.25. The lowest BCUT2D eigenvalue weighted by atomic mass is 10.0. The van der Waals surface area contributed by atoms with Crippen LogP contribution in [0, 0.1) is 6.92 Å². The summed E-state index contributed by atoms with van der Waals surface area (Å²) in [5, 5.41) is 7.16. The number of carbonyl (C=O) groups excluding carboxylic acids is 1. The number of nitrogens with one attached hydrogen (secondary N) is 1. The Balaban J connectivity index is 1.28. The van der Waals surface area contributed by atoms with Crippen LogP contribution in [0.2, 0.25) is 5.02 Å². The first kappa shape index (κ1) is 26.1. The number of furan rings is 1. The van der Waals surface area contributed by atoms with Crippen LogP contribution in [0.1, 0.15) is 83.8 Å². The second kappa shape index (κ2) is 10.6. The van der Waals surface area contributed by atoms with Crippen molar-refractivity contribution in [1.82, 2.24) is 15.1 Å². The van der Waals surface area contributed by atoms with E-state index in [-0.39, 0.29) is 37.3 Å². The molecular weight excluding hydrogens is 495 g/mol. The fourth-order valence-corrected chi connectivity index (χ4v) is 4.12. The molecule has 1 aromatic carbocycles. The van der Waals surface area contributed by atoms with Crippen LogP contribution in [0.25, 0.3) is 0 Å². The number of aromatic nitrogens is 2. The molecule has 194 valence electrons. The van der Waals surface area contributed by atoms with E-state index in [1.54, 1.807) is 12.1 Å². The topological polar surface area (TPSA) is 69.3 Å². The lowest BCUT2D eigenvalue weighted by Crippen LogP contribution is -2.25. The molecule has 1 saturated carbocycles. The number of carbonyl (C=O) groups is 1. The van der Waals surface area contributed by atoms with Crippen molar-refractivity contribution >= 4 is 17.5 Å². The van der Waals surface area contributed by atoms with Gasteiger partial charge in [0.1, 0.15) is 18.1 Å². The van der Waals surface area contributed by atoms with Gasteiger partial charge in [-0.1, -0.05) is 25.4 Å². The van der Waals surface area contributed by atoms with Gasteiger partial charge in [-0.25, -0.2) is 0 Å². The molecule has 0 saturated heterocycles. The zero-order valence-corrected chi connectivity index (χ0v) is 21.2. The molecule has 1 fully saturated rings. The van der Waals surface area contributed by atoms with E-state index in [1.807, 2.05) is 19.1 Å². The summed E-state index contributed by atoms with van der Waals surface area (Å²) < 4.78 is 52.1. The number of halogens is 4. The van der Waals surface area contributed by atoms with Crippen LogP contribution in [0.15, 0.2) is 34.7 Å². The highest BCUT2D eigenvalue weighted by atomic mass is 35.5. The highest BCUT2D eigenvalue weighted by molar-refractivity contribution is 6.31. The Morgan fingerprint density at radius 1 is 1.28 bits per heavy atom. The van der Waals surface area contributed by atoms with Crippen molar-refractivity contribution in [1.29, 1.82) is 0 Å². The van der Waals surface area contributed by atoms with Crippen LogP contribution in [-0.4, -0.2) is 22.2 Å². The molecule has 0 aliphatic heterocycles. The number of rotatable bonds is 10. The number of nitrogens with zero attached hydrogens (tertiary/aromatic N) is 2. The summed E-state index contributed by atoms with van der Waals surface area (Å²) in [5.41, 5.74) is 1.64.